The minimum Gasteiger partial charge on any atom is -0.287 e. The summed E-state index contributed by atoms with van der Waals surface area (Å²) in [5.74, 6) is 0.836. The molecule has 0 aliphatic rings. The van der Waals surface area contributed by atoms with Gasteiger partial charge in [0.15, 0.2) is 0 Å². The molecule has 0 aromatic heterocycles. The molecule has 0 saturated heterocycles. The summed E-state index contributed by atoms with van der Waals surface area (Å²) in [6.45, 7) is 8.31. The monoisotopic (exact) mass is 223 g/mol. The van der Waals surface area contributed by atoms with Gasteiger partial charge in [0.05, 0.1) is 12.4 Å². The largest absolute Gasteiger partial charge is 0.287 e. The van der Waals surface area contributed by atoms with Gasteiger partial charge in [-0.05, 0) is 18.3 Å². The third-order valence-electron chi connectivity index (χ3n) is 1.57. The molecule has 0 aromatic rings. The fourth-order valence-corrected chi connectivity index (χ4v) is 1.84. The zero-order valence-corrected chi connectivity index (χ0v) is 10.2. The molecule has 86 valence electrons. The fraction of sp³-hybridized carbons (Fsp3) is 1.00. The van der Waals surface area contributed by atoms with Crippen molar-refractivity contribution < 1.29 is 13.3 Å². The molecule has 0 heterocycles. The van der Waals surface area contributed by atoms with E-state index in [1.54, 1.807) is 0 Å². The van der Waals surface area contributed by atoms with Gasteiger partial charge in [0.2, 0.25) is 10.0 Å². The van der Waals surface area contributed by atoms with Gasteiger partial charge in [0.1, 0.15) is 0 Å². The average Bonchev–Trinajstić information content (AvgIpc) is 2.00. The summed E-state index contributed by atoms with van der Waals surface area (Å²) in [6.07, 6.45) is 0.653. The fourth-order valence-electron chi connectivity index (χ4n) is 0.723. The van der Waals surface area contributed by atoms with E-state index in [9.17, 15) is 8.42 Å². The van der Waals surface area contributed by atoms with Crippen LogP contribution in [0.25, 0.3) is 0 Å². The number of hydrogen-bond donors (Lipinski definition) is 1. The molecule has 0 saturated carbocycles. The van der Waals surface area contributed by atoms with Gasteiger partial charge in [-0.1, -0.05) is 32.6 Å². The van der Waals surface area contributed by atoms with E-state index < -0.39 is 10.0 Å². The standard InChI is InChI=1S/C9H21NO3S/c1-8(2)5-6-14(11,12)10-13-7-9(3)4/h8-10H,5-7H2,1-4H3. The lowest BCUT2D eigenvalue weighted by atomic mass is 10.2. The third-order valence-corrected chi connectivity index (χ3v) is 2.71. The normalized spacial score (nSPS) is 12.7. The van der Waals surface area contributed by atoms with Crippen LogP contribution in [0.2, 0.25) is 0 Å². The van der Waals surface area contributed by atoms with E-state index in [4.69, 9.17) is 4.84 Å². The van der Waals surface area contributed by atoms with E-state index in [2.05, 4.69) is 4.89 Å². The van der Waals surface area contributed by atoms with Crippen molar-refractivity contribution in [2.45, 2.75) is 34.1 Å². The van der Waals surface area contributed by atoms with E-state index in [0.29, 0.717) is 24.9 Å². The van der Waals surface area contributed by atoms with Crippen molar-refractivity contribution in [3.63, 3.8) is 0 Å². The topological polar surface area (TPSA) is 55.4 Å². The molecule has 4 nitrogen and oxygen atoms in total. The molecule has 0 unspecified atom stereocenters. The second-order valence-corrected chi connectivity index (χ2v) is 6.09. The molecule has 0 bridgehead atoms. The summed E-state index contributed by atoms with van der Waals surface area (Å²) >= 11 is 0. The predicted octanol–water partition coefficient (Wildman–Crippen LogP) is 1.54. The van der Waals surface area contributed by atoms with E-state index in [0.717, 1.165) is 0 Å². The Morgan fingerprint density at radius 1 is 1.14 bits per heavy atom. The highest BCUT2D eigenvalue weighted by Crippen LogP contribution is 2.02. The van der Waals surface area contributed by atoms with Crippen LogP contribution in [0.1, 0.15) is 34.1 Å². The lowest BCUT2D eigenvalue weighted by Gasteiger charge is -2.09. The summed E-state index contributed by atoms with van der Waals surface area (Å²) < 4.78 is 22.6. The van der Waals surface area contributed by atoms with Crippen LogP contribution in [-0.2, 0) is 14.9 Å². The molecule has 0 aliphatic carbocycles. The lowest BCUT2D eigenvalue weighted by Crippen LogP contribution is -2.28. The highest BCUT2D eigenvalue weighted by molar-refractivity contribution is 7.89. The van der Waals surface area contributed by atoms with Gasteiger partial charge in [0, 0.05) is 0 Å². The maximum absolute atomic E-state index is 11.3. The Kier molecular flexibility index (Phi) is 6.31. The summed E-state index contributed by atoms with van der Waals surface area (Å²) in [4.78, 5) is 6.97. The average molecular weight is 223 g/mol. The molecule has 0 radical (unpaired) electrons. The van der Waals surface area contributed by atoms with Crippen LogP contribution < -0.4 is 4.89 Å². The van der Waals surface area contributed by atoms with E-state index >= 15 is 0 Å². The summed E-state index contributed by atoms with van der Waals surface area (Å²) in [5.41, 5.74) is 0. The van der Waals surface area contributed by atoms with Crippen molar-refractivity contribution in [1.82, 2.24) is 4.89 Å². The third kappa shape index (κ3) is 8.47. The minimum absolute atomic E-state index is 0.128. The van der Waals surface area contributed by atoms with Crippen molar-refractivity contribution in [3.8, 4) is 0 Å². The van der Waals surface area contributed by atoms with Gasteiger partial charge in [0.25, 0.3) is 0 Å². The first-order chi connectivity index (χ1) is 6.33. The predicted molar refractivity (Wildman–Crippen MR) is 57.2 cm³/mol. The van der Waals surface area contributed by atoms with Crippen LogP contribution in [0, 0.1) is 11.8 Å². The number of sulfonamides is 1. The van der Waals surface area contributed by atoms with Crippen LogP contribution in [0.15, 0.2) is 0 Å². The molecule has 0 amide bonds. The molecule has 1 N–H and O–H groups in total. The molecular weight excluding hydrogens is 202 g/mol. The summed E-state index contributed by atoms with van der Waals surface area (Å²) in [5, 5.41) is 0. The van der Waals surface area contributed by atoms with Gasteiger partial charge < -0.3 is 0 Å². The first-order valence-corrected chi connectivity index (χ1v) is 6.60. The van der Waals surface area contributed by atoms with Crippen molar-refractivity contribution in [2.75, 3.05) is 12.4 Å². The molecule has 0 spiro atoms. The van der Waals surface area contributed by atoms with Crippen LogP contribution in [0.3, 0.4) is 0 Å². The molecule has 14 heavy (non-hydrogen) atoms. The quantitative estimate of drug-likeness (QED) is 0.666. The molecule has 0 aliphatic heterocycles. The van der Waals surface area contributed by atoms with Crippen LogP contribution >= 0.6 is 0 Å². The van der Waals surface area contributed by atoms with Crippen LogP contribution in [-0.4, -0.2) is 20.8 Å². The van der Waals surface area contributed by atoms with Crippen molar-refractivity contribution in [3.05, 3.63) is 0 Å². The SMILES string of the molecule is CC(C)CCS(=O)(=O)NOCC(C)C. The van der Waals surface area contributed by atoms with Gasteiger partial charge in [-0.3, -0.25) is 4.84 Å². The zero-order valence-electron chi connectivity index (χ0n) is 9.41. The number of hydrogen-bond acceptors (Lipinski definition) is 3. The molecule has 0 fully saturated rings. The molecule has 0 atom stereocenters. The van der Waals surface area contributed by atoms with E-state index in [1.807, 2.05) is 27.7 Å². The van der Waals surface area contributed by atoms with Gasteiger partial charge >= 0.3 is 0 Å². The lowest BCUT2D eigenvalue weighted by molar-refractivity contribution is 0.0718. The Bertz CT molecular complexity index is 234. The Hall–Kier alpha value is -0.130. The Morgan fingerprint density at radius 2 is 1.71 bits per heavy atom. The van der Waals surface area contributed by atoms with Gasteiger partial charge in [-0.25, -0.2) is 8.42 Å². The second-order valence-electron chi connectivity index (χ2n) is 4.29. The van der Waals surface area contributed by atoms with E-state index in [-0.39, 0.29) is 5.75 Å². The Morgan fingerprint density at radius 3 is 2.14 bits per heavy atom. The summed E-state index contributed by atoms with van der Waals surface area (Å²) in [7, 11) is -3.24. The zero-order chi connectivity index (χ0) is 11.2. The first kappa shape index (κ1) is 13.9. The second kappa shape index (κ2) is 6.37. The summed E-state index contributed by atoms with van der Waals surface area (Å²) in [6, 6.07) is 0. The first-order valence-electron chi connectivity index (χ1n) is 4.94. The van der Waals surface area contributed by atoms with Crippen LogP contribution in [0.5, 0.6) is 0 Å². The van der Waals surface area contributed by atoms with Crippen molar-refractivity contribution in [1.29, 1.82) is 0 Å². The van der Waals surface area contributed by atoms with Crippen molar-refractivity contribution >= 4 is 10.0 Å². The van der Waals surface area contributed by atoms with Crippen LogP contribution in [0.4, 0.5) is 0 Å². The Balaban J connectivity index is 3.73. The maximum atomic E-state index is 11.3. The van der Waals surface area contributed by atoms with E-state index in [1.165, 1.54) is 0 Å². The minimum atomic E-state index is -3.24. The van der Waals surface area contributed by atoms with Gasteiger partial charge in [-0.15, -0.1) is 0 Å². The molecule has 0 rings (SSSR count). The molecular formula is C9H21NO3S. The van der Waals surface area contributed by atoms with Gasteiger partial charge in [-0.2, -0.15) is 0 Å². The highest BCUT2D eigenvalue weighted by atomic mass is 32.2. The van der Waals surface area contributed by atoms with Crippen molar-refractivity contribution in [2.24, 2.45) is 11.8 Å². The molecule has 5 heteroatoms. The number of rotatable bonds is 7. The smallest absolute Gasteiger partial charge is 0.233 e. The number of nitrogens with one attached hydrogen (secondary N) is 1. The Labute approximate surface area is 87.0 Å². The maximum Gasteiger partial charge on any atom is 0.233 e. The molecule has 0 aromatic carbocycles. The highest BCUT2D eigenvalue weighted by Gasteiger charge is 2.11.